The van der Waals surface area contributed by atoms with Gasteiger partial charge >= 0.3 is 0 Å². The number of nitrogens with zero attached hydrogens (tertiary/aromatic N) is 2. The second kappa shape index (κ2) is 13.2. The lowest BCUT2D eigenvalue weighted by molar-refractivity contribution is -0.0721. The van der Waals surface area contributed by atoms with Gasteiger partial charge in [-0.25, -0.2) is 0 Å². The molecular weight excluding hydrogens is 457 g/mol. The molecule has 2 rings (SSSR count). The predicted octanol–water partition coefficient (Wildman–Crippen LogP) is 3.03. The van der Waals surface area contributed by atoms with Gasteiger partial charge in [-0.05, 0) is 45.4 Å². The van der Waals surface area contributed by atoms with Gasteiger partial charge in [0.1, 0.15) is 0 Å². The van der Waals surface area contributed by atoms with Gasteiger partial charge in [0, 0.05) is 31.7 Å². The van der Waals surface area contributed by atoms with Gasteiger partial charge < -0.3 is 24.8 Å². The number of nitrogens with one attached hydrogen (secondary N) is 1. The minimum Gasteiger partial charge on any atom is -0.396 e. The van der Waals surface area contributed by atoms with Crippen LogP contribution in [0.25, 0.3) is 0 Å². The second-order valence-electron chi connectivity index (χ2n) is 8.00. The summed E-state index contributed by atoms with van der Waals surface area (Å²) in [7, 11) is 0. The van der Waals surface area contributed by atoms with E-state index in [1.807, 2.05) is 0 Å². The lowest BCUT2D eigenvalue weighted by Gasteiger charge is -2.35. The molecule has 27 heavy (non-hydrogen) atoms. The predicted molar refractivity (Wildman–Crippen MR) is 121 cm³/mol. The van der Waals surface area contributed by atoms with Crippen molar-refractivity contribution in [3.8, 4) is 0 Å². The molecule has 2 atom stereocenters. The quantitative estimate of drug-likeness (QED) is 0.307. The van der Waals surface area contributed by atoms with Crippen LogP contribution >= 0.6 is 24.0 Å². The van der Waals surface area contributed by atoms with E-state index in [1.165, 1.54) is 12.8 Å². The highest BCUT2D eigenvalue weighted by atomic mass is 127. The van der Waals surface area contributed by atoms with Crippen LogP contribution < -0.4 is 5.32 Å². The summed E-state index contributed by atoms with van der Waals surface area (Å²) in [6, 6.07) is 0. The molecule has 0 aliphatic carbocycles. The SMILES string of the molecule is CCNC(=NCC(C)(CC)CO)N1CCC(OCC2CCCCO2)CC1.I. The first kappa shape index (κ1) is 24.9. The molecule has 2 N–H and O–H groups in total. The van der Waals surface area contributed by atoms with E-state index in [0.717, 1.165) is 64.5 Å². The number of rotatable bonds is 8. The highest BCUT2D eigenvalue weighted by Crippen LogP contribution is 2.21. The van der Waals surface area contributed by atoms with Crippen molar-refractivity contribution in [2.75, 3.05) is 46.0 Å². The average molecular weight is 497 g/mol. The number of aliphatic hydroxyl groups excluding tert-OH is 1. The third-order valence-electron chi connectivity index (χ3n) is 5.71. The molecular formula is C20H40IN3O3. The molecule has 0 saturated carbocycles. The minimum absolute atomic E-state index is 0. The number of halogens is 1. The van der Waals surface area contributed by atoms with Crippen molar-refractivity contribution in [2.24, 2.45) is 10.4 Å². The fraction of sp³-hybridized carbons (Fsp3) is 0.950. The van der Waals surface area contributed by atoms with E-state index in [4.69, 9.17) is 14.5 Å². The Morgan fingerprint density at radius 3 is 2.56 bits per heavy atom. The molecule has 2 aliphatic heterocycles. The van der Waals surface area contributed by atoms with Crippen LogP contribution in [-0.4, -0.2) is 74.2 Å². The van der Waals surface area contributed by atoms with Crippen molar-refractivity contribution in [1.29, 1.82) is 0 Å². The van der Waals surface area contributed by atoms with Crippen molar-refractivity contribution in [2.45, 2.75) is 71.5 Å². The van der Waals surface area contributed by atoms with Crippen molar-refractivity contribution >= 4 is 29.9 Å². The number of likely N-dealkylation sites (tertiary alicyclic amines) is 1. The molecule has 0 bridgehead atoms. The Bertz CT molecular complexity index is 419. The van der Waals surface area contributed by atoms with E-state index in [0.29, 0.717) is 18.8 Å². The molecule has 2 aliphatic rings. The highest BCUT2D eigenvalue weighted by Gasteiger charge is 2.25. The van der Waals surface area contributed by atoms with E-state index in [9.17, 15) is 5.11 Å². The zero-order valence-electron chi connectivity index (χ0n) is 17.4. The van der Waals surface area contributed by atoms with Gasteiger partial charge in [0.25, 0.3) is 0 Å². The Morgan fingerprint density at radius 1 is 1.26 bits per heavy atom. The molecule has 0 aromatic heterocycles. The Labute approximate surface area is 182 Å². The van der Waals surface area contributed by atoms with Gasteiger partial charge in [0.15, 0.2) is 5.96 Å². The lowest BCUT2D eigenvalue weighted by atomic mass is 9.89. The Balaban J connectivity index is 0.00000364. The summed E-state index contributed by atoms with van der Waals surface area (Å²) in [6.45, 7) is 11.5. The molecule has 6 nitrogen and oxygen atoms in total. The molecule has 0 spiro atoms. The van der Waals surface area contributed by atoms with Crippen LogP contribution in [0.4, 0.5) is 0 Å². The fourth-order valence-electron chi connectivity index (χ4n) is 3.38. The zero-order valence-corrected chi connectivity index (χ0v) is 19.7. The van der Waals surface area contributed by atoms with Gasteiger partial charge in [-0.2, -0.15) is 0 Å². The smallest absolute Gasteiger partial charge is 0.193 e. The fourth-order valence-corrected chi connectivity index (χ4v) is 3.38. The number of ether oxygens (including phenoxy) is 2. The van der Waals surface area contributed by atoms with E-state index in [-0.39, 0.29) is 36.0 Å². The average Bonchev–Trinajstić information content (AvgIpc) is 2.70. The Morgan fingerprint density at radius 2 is 2.00 bits per heavy atom. The first-order valence-electron chi connectivity index (χ1n) is 10.5. The summed E-state index contributed by atoms with van der Waals surface area (Å²) < 4.78 is 11.9. The van der Waals surface area contributed by atoms with Crippen LogP contribution in [0.5, 0.6) is 0 Å². The third kappa shape index (κ3) is 8.41. The molecule has 160 valence electrons. The van der Waals surface area contributed by atoms with Crippen LogP contribution in [0.2, 0.25) is 0 Å². The Kier molecular flexibility index (Phi) is 12.2. The van der Waals surface area contributed by atoms with Gasteiger partial charge in [-0.15, -0.1) is 24.0 Å². The number of hydrogen-bond donors (Lipinski definition) is 2. The van der Waals surface area contributed by atoms with Gasteiger partial charge in [-0.1, -0.05) is 13.8 Å². The van der Waals surface area contributed by atoms with Gasteiger partial charge in [-0.3, -0.25) is 4.99 Å². The van der Waals surface area contributed by atoms with Crippen LogP contribution in [0.15, 0.2) is 4.99 Å². The topological polar surface area (TPSA) is 66.3 Å². The number of aliphatic imine (C=N–C) groups is 1. The Hall–Kier alpha value is -0.120. The van der Waals surface area contributed by atoms with E-state index in [2.05, 4.69) is 31.0 Å². The van der Waals surface area contributed by atoms with Crippen molar-refractivity contribution < 1.29 is 14.6 Å². The van der Waals surface area contributed by atoms with Gasteiger partial charge in [0.2, 0.25) is 0 Å². The number of hydrogen-bond acceptors (Lipinski definition) is 4. The monoisotopic (exact) mass is 497 g/mol. The van der Waals surface area contributed by atoms with E-state index in [1.54, 1.807) is 0 Å². The first-order valence-corrected chi connectivity index (χ1v) is 10.5. The largest absolute Gasteiger partial charge is 0.396 e. The third-order valence-corrected chi connectivity index (χ3v) is 5.71. The maximum atomic E-state index is 9.61. The zero-order chi connectivity index (χ0) is 18.8. The normalized spacial score (nSPS) is 24.2. The van der Waals surface area contributed by atoms with Crippen LogP contribution in [0.1, 0.15) is 59.3 Å². The molecule has 0 aromatic carbocycles. The molecule has 0 radical (unpaired) electrons. The van der Waals surface area contributed by atoms with Crippen LogP contribution in [0, 0.1) is 5.41 Å². The first-order chi connectivity index (χ1) is 12.6. The van der Waals surface area contributed by atoms with Crippen molar-refractivity contribution in [3.05, 3.63) is 0 Å². The number of guanidine groups is 1. The lowest BCUT2D eigenvalue weighted by Crippen LogP contribution is -2.47. The summed E-state index contributed by atoms with van der Waals surface area (Å²) in [5.74, 6) is 0.967. The molecule has 7 heteroatoms. The number of aliphatic hydroxyl groups is 1. The molecule has 2 unspecified atom stereocenters. The summed E-state index contributed by atoms with van der Waals surface area (Å²) in [5.41, 5.74) is -0.137. The maximum Gasteiger partial charge on any atom is 0.193 e. The molecule has 2 saturated heterocycles. The summed E-state index contributed by atoms with van der Waals surface area (Å²) in [4.78, 5) is 7.13. The van der Waals surface area contributed by atoms with E-state index >= 15 is 0 Å². The molecule has 2 fully saturated rings. The summed E-state index contributed by atoms with van der Waals surface area (Å²) >= 11 is 0. The summed E-state index contributed by atoms with van der Waals surface area (Å²) in [6.07, 6.45) is 7.20. The number of piperidine rings is 1. The summed E-state index contributed by atoms with van der Waals surface area (Å²) in [5, 5.41) is 13.0. The van der Waals surface area contributed by atoms with Crippen LogP contribution in [0.3, 0.4) is 0 Å². The highest BCUT2D eigenvalue weighted by molar-refractivity contribution is 14.0. The molecule has 0 aromatic rings. The van der Waals surface area contributed by atoms with Gasteiger partial charge in [0.05, 0.1) is 32.0 Å². The van der Waals surface area contributed by atoms with E-state index < -0.39 is 0 Å². The minimum atomic E-state index is -0.137. The van der Waals surface area contributed by atoms with Crippen molar-refractivity contribution in [3.63, 3.8) is 0 Å². The standard InChI is InChI=1S/C20H39N3O3.HI/c1-4-20(3,16-24)15-22-19(21-5-2)23-11-9-17(10-12-23)26-14-18-8-6-7-13-25-18;/h17-18,24H,4-16H2,1-3H3,(H,21,22);1H. The van der Waals surface area contributed by atoms with Crippen LogP contribution in [-0.2, 0) is 9.47 Å². The molecule has 0 amide bonds. The van der Waals surface area contributed by atoms with Crippen molar-refractivity contribution in [1.82, 2.24) is 10.2 Å². The second-order valence-corrected chi connectivity index (χ2v) is 8.00. The molecule has 2 heterocycles. The maximum absolute atomic E-state index is 9.61.